The highest BCUT2D eigenvalue weighted by Crippen LogP contribution is 2.44. The molecular weight excluding hydrogens is 1390 g/mol. The van der Waals surface area contributed by atoms with Crippen molar-refractivity contribution in [3.8, 4) is 134 Å². The van der Waals surface area contributed by atoms with Gasteiger partial charge in [0.15, 0.2) is 0 Å². The van der Waals surface area contributed by atoms with Gasteiger partial charge in [-0.25, -0.2) is 29.9 Å². The maximum atomic E-state index is 5.15. The fourth-order valence-corrected chi connectivity index (χ4v) is 15.4. The molecule has 0 spiro atoms. The van der Waals surface area contributed by atoms with E-state index in [2.05, 4.69) is 239 Å². The van der Waals surface area contributed by atoms with Crippen molar-refractivity contribution in [1.29, 1.82) is 0 Å². The summed E-state index contributed by atoms with van der Waals surface area (Å²) in [7, 11) is 0. The third-order valence-electron chi connectivity index (χ3n) is 20.9. The average Bonchev–Trinajstić information content (AvgIpc) is 0.768. The number of para-hydroxylation sites is 6. The molecule has 0 unspecified atom stereocenters. The van der Waals surface area contributed by atoms with Gasteiger partial charge in [-0.1, -0.05) is 322 Å². The van der Waals surface area contributed by atoms with Crippen LogP contribution in [-0.2, 0) is 0 Å². The van der Waals surface area contributed by atoms with Gasteiger partial charge in [-0.05, 0) is 155 Å². The number of benzene rings is 15. The smallest absolute Gasteiger partial charge is 0.0979 e. The number of aromatic nitrogens is 9. The first-order valence-corrected chi connectivity index (χ1v) is 38.1. The maximum absolute atomic E-state index is 5.15. The van der Waals surface area contributed by atoms with E-state index in [1.807, 2.05) is 189 Å². The molecule has 0 bridgehead atoms. The Morgan fingerprint density at radius 3 is 0.816 bits per heavy atom. The molecule has 0 saturated carbocycles. The van der Waals surface area contributed by atoms with E-state index < -0.39 is 0 Å². The molecule has 21 rings (SSSR count). The number of fused-ring (bicyclic) bond motifs is 6. The van der Waals surface area contributed by atoms with Crippen LogP contribution in [0.1, 0.15) is 0 Å². The van der Waals surface area contributed by atoms with Crippen molar-refractivity contribution in [2.75, 3.05) is 0 Å². The summed E-state index contributed by atoms with van der Waals surface area (Å²) in [6, 6.07) is 134. The van der Waals surface area contributed by atoms with Crippen molar-refractivity contribution in [1.82, 2.24) is 44.9 Å². The standard InChI is InChI=1S/3C35H23N3/c1-2-8-27(9-3-1)34-35(38-33-15-5-4-14-32(33)37-34)31-13-7-11-29-28(10-6-12-30(29)31)26-18-16-24(17-19-26)25-20-22-36-23-21-25;1-2-10-26(11-3-1)34-35(38-33-16-7-6-15-32(33)37-34)30-22-21-27(28-12-4-5-13-29(28)30)24-17-19-25(20-18-24)31-14-8-9-23-36-31;1-2-9-26(10-3-1)34-35(38-33-15-7-6-14-32(33)37-34)31-21-20-28(29-12-4-5-13-30(29)31)25-18-16-24(17-19-25)27-11-8-22-36-23-27/h3*1-23H. The lowest BCUT2D eigenvalue weighted by atomic mass is 9.92. The van der Waals surface area contributed by atoms with Crippen LogP contribution < -0.4 is 0 Å². The van der Waals surface area contributed by atoms with E-state index >= 15 is 0 Å². The van der Waals surface area contributed by atoms with Gasteiger partial charge >= 0.3 is 0 Å². The highest BCUT2D eigenvalue weighted by molar-refractivity contribution is 6.10. The fraction of sp³-hybridized carbons (Fsp3) is 0. The minimum Gasteiger partial charge on any atom is -0.265 e. The predicted molar refractivity (Wildman–Crippen MR) is 470 cm³/mol. The molecule has 6 heterocycles. The lowest BCUT2D eigenvalue weighted by Crippen LogP contribution is -1.96. The summed E-state index contributed by atoms with van der Waals surface area (Å²) in [4.78, 5) is 43.6. The van der Waals surface area contributed by atoms with Gasteiger partial charge in [-0.15, -0.1) is 0 Å². The van der Waals surface area contributed by atoms with E-state index in [1.165, 1.54) is 55.1 Å². The number of hydrogen-bond donors (Lipinski definition) is 0. The molecule has 534 valence electrons. The van der Waals surface area contributed by atoms with Crippen LogP contribution in [-0.4, -0.2) is 44.9 Å². The van der Waals surface area contributed by atoms with Crippen LogP contribution in [0.3, 0.4) is 0 Å². The Morgan fingerprint density at radius 1 is 0.140 bits per heavy atom. The summed E-state index contributed by atoms with van der Waals surface area (Å²) in [5.41, 5.74) is 30.9. The topological polar surface area (TPSA) is 116 Å². The van der Waals surface area contributed by atoms with Crippen molar-refractivity contribution in [3.63, 3.8) is 0 Å². The molecule has 15 aromatic carbocycles. The van der Waals surface area contributed by atoms with E-state index in [9.17, 15) is 0 Å². The molecule has 0 N–H and O–H groups in total. The zero-order valence-corrected chi connectivity index (χ0v) is 61.9. The van der Waals surface area contributed by atoms with Gasteiger partial charge in [0, 0.05) is 69.9 Å². The van der Waals surface area contributed by atoms with E-state index in [0.29, 0.717) is 0 Å². The molecule has 6 aromatic heterocycles. The Hall–Kier alpha value is -15.5. The first-order valence-electron chi connectivity index (χ1n) is 38.1. The molecule has 114 heavy (non-hydrogen) atoms. The van der Waals surface area contributed by atoms with Crippen LogP contribution in [0.2, 0.25) is 0 Å². The summed E-state index contributed by atoms with van der Waals surface area (Å²) in [6.45, 7) is 0. The number of hydrogen-bond acceptors (Lipinski definition) is 9. The third kappa shape index (κ3) is 13.9. The molecule has 0 amide bonds. The predicted octanol–water partition coefficient (Wildman–Crippen LogP) is 26.5. The van der Waals surface area contributed by atoms with Gasteiger partial charge in [0.1, 0.15) is 0 Å². The number of nitrogens with zero attached hydrogens (tertiary/aromatic N) is 9. The van der Waals surface area contributed by atoms with Crippen molar-refractivity contribution >= 4 is 65.4 Å². The van der Waals surface area contributed by atoms with Crippen molar-refractivity contribution < 1.29 is 0 Å². The van der Waals surface area contributed by atoms with Gasteiger partial charge in [0.2, 0.25) is 0 Å². The molecular formula is C105H69N9. The molecule has 0 atom stereocenters. The quantitative estimate of drug-likeness (QED) is 0.118. The Labute approximate surface area is 659 Å². The van der Waals surface area contributed by atoms with E-state index in [-0.39, 0.29) is 0 Å². The van der Waals surface area contributed by atoms with Crippen LogP contribution in [0, 0.1) is 0 Å². The van der Waals surface area contributed by atoms with Gasteiger partial charge in [0.25, 0.3) is 0 Å². The minimum absolute atomic E-state index is 0.889. The second-order valence-electron chi connectivity index (χ2n) is 27.9. The molecule has 0 saturated heterocycles. The lowest BCUT2D eigenvalue weighted by Gasteiger charge is -2.15. The van der Waals surface area contributed by atoms with Gasteiger partial charge < -0.3 is 0 Å². The molecule has 0 radical (unpaired) electrons. The SMILES string of the molecule is c1ccc(-c2nc3ccccc3nc2-c2ccc(-c3ccc(-c4ccccn4)cc3)c3ccccc23)cc1.c1ccc(-c2nc3ccccc3nc2-c2ccc(-c3ccc(-c4cccnc4)cc3)c3ccccc23)cc1.c1ccc(-c2nc3ccccc3nc2-c2cccc3c(-c4ccc(-c5ccncc5)cc4)cccc23)cc1. The van der Waals surface area contributed by atoms with Crippen LogP contribution in [0.5, 0.6) is 0 Å². The largest absolute Gasteiger partial charge is 0.265 e. The van der Waals surface area contributed by atoms with E-state index in [0.717, 1.165) is 145 Å². The van der Waals surface area contributed by atoms with Gasteiger partial charge in [0.05, 0.1) is 73.0 Å². The summed E-state index contributed by atoms with van der Waals surface area (Å²) in [6.07, 6.45) is 9.18. The minimum atomic E-state index is 0.889. The molecule has 9 heteroatoms. The lowest BCUT2D eigenvalue weighted by molar-refractivity contribution is 1.30. The highest BCUT2D eigenvalue weighted by Gasteiger charge is 2.22. The summed E-state index contributed by atoms with van der Waals surface area (Å²) < 4.78 is 0. The number of rotatable bonds is 12. The molecule has 0 aliphatic carbocycles. The molecule has 0 aliphatic rings. The Kier molecular flexibility index (Phi) is 18.9. The van der Waals surface area contributed by atoms with E-state index in [4.69, 9.17) is 29.9 Å². The summed E-state index contributed by atoms with van der Waals surface area (Å²) in [5, 5.41) is 7.03. The van der Waals surface area contributed by atoms with Crippen LogP contribution >= 0.6 is 0 Å². The first-order chi connectivity index (χ1) is 56.5. The van der Waals surface area contributed by atoms with E-state index in [1.54, 1.807) is 6.20 Å². The molecule has 21 aromatic rings. The normalized spacial score (nSPS) is 11.2. The number of pyridine rings is 3. The third-order valence-corrected chi connectivity index (χ3v) is 20.9. The van der Waals surface area contributed by atoms with Crippen LogP contribution in [0.25, 0.3) is 200 Å². The second kappa shape index (κ2) is 31.3. The first kappa shape index (κ1) is 69.0. The highest BCUT2D eigenvalue weighted by atomic mass is 14.9. The van der Waals surface area contributed by atoms with Gasteiger partial charge in [-0.3, -0.25) is 15.0 Å². The maximum Gasteiger partial charge on any atom is 0.0979 e. The van der Waals surface area contributed by atoms with Crippen molar-refractivity contribution in [2.24, 2.45) is 0 Å². The fourth-order valence-electron chi connectivity index (χ4n) is 15.4. The monoisotopic (exact) mass is 1460 g/mol. The molecule has 0 fully saturated rings. The van der Waals surface area contributed by atoms with Crippen molar-refractivity contribution in [2.45, 2.75) is 0 Å². The molecule has 0 aliphatic heterocycles. The molecule has 9 nitrogen and oxygen atoms in total. The Morgan fingerprint density at radius 2 is 0.430 bits per heavy atom. The Balaban J connectivity index is 0.000000115. The zero-order chi connectivity index (χ0) is 75.9. The van der Waals surface area contributed by atoms with Crippen LogP contribution in [0.4, 0.5) is 0 Å². The zero-order valence-electron chi connectivity index (χ0n) is 61.9. The van der Waals surface area contributed by atoms with Gasteiger partial charge in [-0.2, -0.15) is 0 Å². The Bertz CT molecular complexity index is 6430. The van der Waals surface area contributed by atoms with Crippen molar-refractivity contribution in [3.05, 3.63) is 419 Å². The average molecular weight is 1460 g/mol. The van der Waals surface area contributed by atoms with Crippen LogP contribution in [0.15, 0.2) is 419 Å². The second-order valence-corrected chi connectivity index (χ2v) is 27.9. The summed E-state index contributed by atoms with van der Waals surface area (Å²) >= 11 is 0. The summed E-state index contributed by atoms with van der Waals surface area (Å²) in [5.74, 6) is 0.